The highest BCUT2D eigenvalue weighted by Crippen LogP contribution is 2.12. The minimum absolute atomic E-state index is 0.498. The van der Waals surface area contributed by atoms with E-state index in [1.807, 2.05) is 12.1 Å². The molecule has 0 fully saturated rings. The Morgan fingerprint density at radius 1 is 1.11 bits per heavy atom. The molecule has 19 heavy (non-hydrogen) atoms. The van der Waals surface area contributed by atoms with Gasteiger partial charge in [-0.25, -0.2) is 15.0 Å². The first-order valence-corrected chi connectivity index (χ1v) is 5.94. The predicted molar refractivity (Wildman–Crippen MR) is 71.0 cm³/mol. The second-order valence-corrected chi connectivity index (χ2v) is 3.83. The number of methoxy groups -OCH3 is 1. The van der Waals surface area contributed by atoms with Crippen molar-refractivity contribution in [2.24, 2.45) is 0 Å². The Morgan fingerprint density at radius 2 is 1.95 bits per heavy atom. The number of nitrogens with zero attached hydrogens (tertiary/aromatic N) is 3. The molecule has 0 amide bonds. The zero-order valence-electron chi connectivity index (χ0n) is 10.7. The molecule has 0 saturated heterocycles. The van der Waals surface area contributed by atoms with E-state index >= 15 is 0 Å². The summed E-state index contributed by atoms with van der Waals surface area (Å²) in [5.41, 5.74) is 1.94. The molecule has 6 heteroatoms. The van der Waals surface area contributed by atoms with Crippen LogP contribution in [0.2, 0.25) is 0 Å². The third-order valence-electron chi connectivity index (χ3n) is 2.38. The number of rotatable bonds is 7. The van der Waals surface area contributed by atoms with Crippen molar-refractivity contribution in [3.8, 4) is 5.88 Å². The van der Waals surface area contributed by atoms with E-state index in [0.29, 0.717) is 25.6 Å². The summed E-state index contributed by atoms with van der Waals surface area (Å²) in [5, 5.41) is 3.23. The number of aromatic nitrogens is 3. The average Bonchev–Trinajstić information content (AvgIpc) is 2.48. The summed E-state index contributed by atoms with van der Waals surface area (Å²) in [6.07, 6.45) is 6.79. The monoisotopic (exact) mass is 260 g/mol. The Kier molecular flexibility index (Phi) is 5.06. The maximum atomic E-state index is 5.38. The van der Waals surface area contributed by atoms with Gasteiger partial charge >= 0.3 is 0 Å². The zero-order chi connectivity index (χ0) is 13.3. The minimum Gasteiger partial charge on any atom is -0.475 e. The van der Waals surface area contributed by atoms with Crippen LogP contribution in [0.4, 0.5) is 5.69 Å². The molecule has 100 valence electrons. The first kappa shape index (κ1) is 13.2. The molecule has 0 atom stereocenters. The molecule has 2 aromatic rings. The minimum atomic E-state index is 0.498. The second-order valence-electron chi connectivity index (χ2n) is 3.83. The van der Waals surface area contributed by atoms with Crippen molar-refractivity contribution in [1.29, 1.82) is 0 Å². The lowest BCUT2D eigenvalue weighted by Crippen LogP contribution is -2.05. The summed E-state index contributed by atoms with van der Waals surface area (Å²) in [6, 6.07) is 3.73. The van der Waals surface area contributed by atoms with Crippen LogP contribution in [0.5, 0.6) is 5.88 Å². The Morgan fingerprint density at radius 3 is 2.63 bits per heavy atom. The van der Waals surface area contributed by atoms with Crippen molar-refractivity contribution in [3.05, 3.63) is 42.6 Å². The number of anilines is 1. The highest BCUT2D eigenvalue weighted by atomic mass is 16.5. The molecular formula is C13H16N4O2. The van der Waals surface area contributed by atoms with Crippen LogP contribution >= 0.6 is 0 Å². The van der Waals surface area contributed by atoms with Crippen LogP contribution < -0.4 is 10.1 Å². The van der Waals surface area contributed by atoms with E-state index in [4.69, 9.17) is 9.47 Å². The van der Waals surface area contributed by atoms with E-state index in [2.05, 4.69) is 20.3 Å². The molecule has 2 aromatic heterocycles. The van der Waals surface area contributed by atoms with Crippen LogP contribution in [-0.4, -0.2) is 35.3 Å². The molecule has 0 spiro atoms. The lowest BCUT2D eigenvalue weighted by atomic mass is 10.3. The number of hydrogen-bond acceptors (Lipinski definition) is 6. The maximum Gasteiger partial charge on any atom is 0.213 e. The molecular weight excluding hydrogens is 244 g/mol. The summed E-state index contributed by atoms with van der Waals surface area (Å²) in [5.74, 6) is 0.589. The zero-order valence-corrected chi connectivity index (χ0v) is 10.7. The Hall–Kier alpha value is -2.21. The summed E-state index contributed by atoms with van der Waals surface area (Å²) < 4.78 is 10.3. The topological polar surface area (TPSA) is 69.2 Å². The van der Waals surface area contributed by atoms with E-state index in [-0.39, 0.29) is 0 Å². The van der Waals surface area contributed by atoms with Crippen molar-refractivity contribution in [1.82, 2.24) is 15.0 Å². The highest BCUT2D eigenvalue weighted by molar-refractivity contribution is 5.42. The second kappa shape index (κ2) is 7.27. The SMILES string of the molecule is COCCOc1ccc(NCc2cncnc2)cn1. The van der Waals surface area contributed by atoms with Crippen LogP contribution in [0.3, 0.4) is 0 Å². The molecule has 2 heterocycles. The van der Waals surface area contributed by atoms with Gasteiger partial charge in [0.05, 0.1) is 18.5 Å². The number of nitrogens with one attached hydrogen (secondary N) is 1. The van der Waals surface area contributed by atoms with Gasteiger partial charge in [0.25, 0.3) is 0 Å². The van der Waals surface area contributed by atoms with Crippen molar-refractivity contribution in [2.75, 3.05) is 25.6 Å². The Labute approximate surface area is 111 Å². The number of pyridine rings is 1. The summed E-state index contributed by atoms with van der Waals surface area (Å²) in [4.78, 5) is 12.1. The summed E-state index contributed by atoms with van der Waals surface area (Å²) >= 11 is 0. The van der Waals surface area contributed by atoms with Gasteiger partial charge in [-0.15, -0.1) is 0 Å². The van der Waals surface area contributed by atoms with Gasteiger partial charge in [-0.2, -0.15) is 0 Å². The van der Waals surface area contributed by atoms with Crippen molar-refractivity contribution in [2.45, 2.75) is 6.54 Å². The van der Waals surface area contributed by atoms with E-state index < -0.39 is 0 Å². The van der Waals surface area contributed by atoms with Gasteiger partial charge < -0.3 is 14.8 Å². The van der Waals surface area contributed by atoms with Gasteiger partial charge in [0, 0.05) is 37.7 Å². The molecule has 0 aliphatic heterocycles. The quantitative estimate of drug-likeness (QED) is 0.761. The van der Waals surface area contributed by atoms with Crippen LogP contribution in [0.15, 0.2) is 37.1 Å². The predicted octanol–water partition coefficient (Wildman–Crippen LogP) is 1.51. The lowest BCUT2D eigenvalue weighted by Gasteiger charge is -2.07. The molecule has 0 saturated carbocycles. The first-order chi connectivity index (χ1) is 9.38. The molecule has 0 aromatic carbocycles. The van der Waals surface area contributed by atoms with E-state index in [0.717, 1.165) is 11.3 Å². The van der Waals surface area contributed by atoms with Gasteiger partial charge in [-0.3, -0.25) is 0 Å². The van der Waals surface area contributed by atoms with Gasteiger partial charge in [0.2, 0.25) is 5.88 Å². The first-order valence-electron chi connectivity index (χ1n) is 5.94. The third-order valence-corrected chi connectivity index (χ3v) is 2.38. The van der Waals surface area contributed by atoms with Gasteiger partial charge in [-0.05, 0) is 6.07 Å². The molecule has 0 unspecified atom stereocenters. The fraction of sp³-hybridized carbons (Fsp3) is 0.308. The molecule has 1 N–H and O–H groups in total. The van der Waals surface area contributed by atoms with Crippen molar-refractivity contribution >= 4 is 5.69 Å². The smallest absolute Gasteiger partial charge is 0.213 e. The standard InChI is InChI=1S/C13H16N4O2/c1-18-4-5-19-13-3-2-12(9-17-13)16-8-11-6-14-10-15-7-11/h2-3,6-7,9-10,16H,4-5,8H2,1H3. The van der Waals surface area contributed by atoms with Gasteiger partial charge in [0.1, 0.15) is 12.9 Å². The van der Waals surface area contributed by atoms with E-state index in [1.54, 1.807) is 25.7 Å². The van der Waals surface area contributed by atoms with Gasteiger partial charge in [-0.1, -0.05) is 0 Å². The van der Waals surface area contributed by atoms with Gasteiger partial charge in [0.15, 0.2) is 0 Å². The summed E-state index contributed by atoms with van der Waals surface area (Å²) in [6.45, 7) is 1.71. The molecule has 0 radical (unpaired) electrons. The van der Waals surface area contributed by atoms with E-state index in [9.17, 15) is 0 Å². The molecule has 6 nitrogen and oxygen atoms in total. The molecule has 0 aliphatic carbocycles. The van der Waals surface area contributed by atoms with Crippen molar-refractivity contribution in [3.63, 3.8) is 0 Å². The molecule has 2 rings (SSSR count). The van der Waals surface area contributed by atoms with Crippen LogP contribution in [-0.2, 0) is 11.3 Å². The third kappa shape index (κ3) is 4.51. The molecule has 0 aliphatic rings. The van der Waals surface area contributed by atoms with Crippen LogP contribution in [0, 0.1) is 0 Å². The average molecular weight is 260 g/mol. The van der Waals surface area contributed by atoms with Crippen molar-refractivity contribution < 1.29 is 9.47 Å². The normalized spacial score (nSPS) is 10.2. The highest BCUT2D eigenvalue weighted by Gasteiger charge is 1.97. The van der Waals surface area contributed by atoms with Crippen LogP contribution in [0.1, 0.15) is 5.56 Å². The fourth-order valence-electron chi connectivity index (χ4n) is 1.43. The van der Waals surface area contributed by atoms with Crippen LogP contribution in [0.25, 0.3) is 0 Å². The lowest BCUT2D eigenvalue weighted by molar-refractivity contribution is 0.144. The number of hydrogen-bond donors (Lipinski definition) is 1. The largest absolute Gasteiger partial charge is 0.475 e. The fourth-order valence-corrected chi connectivity index (χ4v) is 1.43. The van der Waals surface area contributed by atoms with E-state index in [1.165, 1.54) is 6.33 Å². The number of ether oxygens (including phenoxy) is 2. The Balaban J connectivity index is 1.81. The maximum absolute atomic E-state index is 5.38. The summed E-state index contributed by atoms with van der Waals surface area (Å²) in [7, 11) is 1.64. The molecule has 0 bridgehead atoms. The Bertz CT molecular complexity index is 476.